The molecule has 0 aromatic carbocycles. The summed E-state index contributed by atoms with van der Waals surface area (Å²) in [6, 6.07) is -1.45. The molecule has 0 atom stereocenters. The maximum absolute atomic E-state index is 11.1. The third kappa shape index (κ3) is 2.52. The van der Waals surface area contributed by atoms with Crippen LogP contribution in [0, 0.1) is 0 Å². The molecule has 0 saturated carbocycles. The molecule has 5 heteroatoms. The maximum atomic E-state index is 11.1. The molecule has 44 valence electrons. The summed E-state index contributed by atoms with van der Waals surface area (Å²) in [7, 11) is -2.91. The van der Waals surface area contributed by atoms with Gasteiger partial charge in [0.1, 0.15) is 0 Å². The third-order valence-corrected chi connectivity index (χ3v) is 1.16. The fraction of sp³-hybridized carbons (Fsp3) is 1.00. The molecule has 0 N–H and O–H groups in total. The number of hydrogen-bond acceptors (Lipinski definition) is 3. The Balaban J connectivity index is 3.89. The lowest BCUT2D eigenvalue weighted by Crippen LogP contribution is -2.02. The van der Waals surface area contributed by atoms with Gasteiger partial charge in [0.2, 0.25) is 6.01 Å². The van der Waals surface area contributed by atoms with E-state index >= 15 is 0 Å². The van der Waals surface area contributed by atoms with Gasteiger partial charge in [0.05, 0.1) is 7.11 Å². The van der Waals surface area contributed by atoms with E-state index in [2.05, 4.69) is 4.18 Å². The summed E-state index contributed by atoms with van der Waals surface area (Å²) in [5, 5.41) is 0. The van der Waals surface area contributed by atoms with Crippen LogP contribution in [-0.4, -0.2) is 21.5 Å². The minimum absolute atomic E-state index is 0.912. The zero-order valence-electron chi connectivity index (χ0n) is 3.72. The van der Waals surface area contributed by atoms with Crippen molar-refractivity contribution in [3.63, 3.8) is 0 Å². The highest BCUT2D eigenvalue weighted by Gasteiger charge is 2.03. The predicted molar refractivity (Wildman–Crippen MR) is 21.9 cm³/mol. The zero-order valence-corrected chi connectivity index (χ0v) is 4.53. The van der Waals surface area contributed by atoms with Crippen LogP contribution < -0.4 is 0 Å². The van der Waals surface area contributed by atoms with E-state index in [1.165, 1.54) is 0 Å². The lowest BCUT2D eigenvalue weighted by atomic mass is 11.8. The first kappa shape index (κ1) is 6.84. The van der Waals surface area contributed by atoms with Gasteiger partial charge in [-0.05, 0) is 0 Å². The topological polar surface area (TPSA) is 43.4 Å². The van der Waals surface area contributed by atoms with Crippen LogP contribution in [0.4, 0.5) is 4.39 Å². The maximum Gasteiger partial charge on any atom is 0.296 e. The van der Waals surface area contributed by atoms with E-state index < -0.39 is 16.1 Å². The Morgan fingerprint density at radius 2 is 2.14 bits per heavy atom. The van der Waals surface area contributed by atoms with E-state index in [4.69, 9.17) is 0 Å². The fourth-order valence-electron chi connectivity index (χ4n) is 0.0445. The summed E-state index contributed by atoms with van der Waals surface area (Å²) >= 11 is 0. The standard InChI is InChI=1S/C2H5FO3S/c1-6-7(4,5)2-3/h2H2,1H3. The molecule has 0 rings (SSSR count). The summed E-state index contributed by atoms with van der Waals surface area (Å²) in [6.45, 7) is 0. The van der Waals surface area contributed by atoms with Crippen molar-refractivity contribution in [2.24, 2.45) is 0 Å². The Morgan fingerprint density at radius 3 is 2.14 bits per heavy atom. The SMILES string of the molecule is COS(=O)(=O)CF. The van der Waals surface area contributed by atoms with Gasteiger partial charge in [0, 0.05) is 0 Å². The average molecular weight is 128 g/mol. The summed E-state index contributed by atoms with van der Waals surface area (Å²) in [5.74, 6) is 0. The van der Waals surface area contributed by atoms with Crippen molar-refractivity contribution < 1.29 is 17.0 Å². The number of hydrogen-bond donors (Lipinski definition) is 0. The van der Waals surface area contributed by atoms with E-state index in [9.17, 15) is 12.8 Å². The summed E-state index contributed by atoms with van der Waals surface area (Å²) in [6.07, 6.45) is 0. The first-order chi connectivity index (χ1) is 3.12. The molecule has 3 nitrogen and oxygen atoms in total. The zero-order chi connectivity index (χ0) is 5.91. The molecule has 0 fully saturated rings. The van der Waals surface area contributed by atoms with Crippen LogP contribution in [0.1, 0.15) is 0 Å². The quantitative estimate of drug-likeness (QED) is 0.487. The molecule has 0 bridgehead atoms. The predicted octanol–water partition coefficient (Wildman–Crippen LogP) is -0.110. The fourth-order valence-corrected chi connectivity index (χ4v) is 0.134. The van der Waals surface area contributed by atoms with Crippen LogP contribution >= 0.6 is 0 Å². The highest BCUT2D eigenvalue weighted by Crippen LogP contribution is 1.87. The monoisotopic (exact) mass is 128 g/mol. The van der Waals surface area contributed by atoms with Crippen LogP contribution in [-0.2, 0) is 14.3 Å². The first-order valence-electron chi connectivity index (χ1n) is 1.46. The van der Waals surface area contributed by atoms with Gasteiger partial charge in [-0.3, -0.25) is 4.18 Å². The normalized spacial score (nSPS) is 11.7. The average Bonchev–Trinajstić information content (AvgIpc) is 1.68. The Labute approximate surface area is 41.2 Å². The molecule has 0 aliphatic rings. The Morgan fingerprint density at radius 1 is 1.71 bits per heavy atom. The van der Waals surface area contributed by atoms with Crippen LogP contribution in [0.15, 0.2) is 0 Å². The molecule has 0 aliphatic carbocycles. The number of halogens is 1. The van der Waals surface area contributed by atoms with Gasteiger partial charge < -0.3 is 0 Å². The molecule has 0 aromatic heterocycles. The molecule has 0 unspecified atom stereocenters. The molecule has 0 saturated heterocycles. The summed E-state index contributed by atoms with van der Waals surface area (Å²) < 4.78 is 34.3. The lowest BCUT2D eigenvalue weighted by molar-refractivity contribution is 0.379. The van der Waals surface area contributed by atoms with Gasteiger partial charge >= 0.3 is 0 Å². The van der Waals surface area contributed by atoms with E-state index in [1.807, 2.05) is 0 Å². The van der Waals surface area contributed by atoms with Crippen LogP contribution in [0.2, 0.25) is 0 Å². The summed E-state index contributed by atoms with van der Waals surface area (Å²) in [4.78, 5) is 0. The van der Waals surface area contributed by atoms with Crippen molar-refractivity contribution in [3.05, 3.63) is 0 Å². The highest BCUT2D eigenvalue weighted by molar-refractivity contribution is 7.86. The van der Waals surface area contributed by atoms with Gasteiger partial charge in [-0.15, -0.1) is 0 Å². The van der Waals surface area contributed by atoms with Crippen molar-refractivity contribution in [1.82, 2.24) is 0 Å². The van der Waals surface area contributed by atoms with Crippen LogP contribution in [0.25, 0.3) is 0 Å². The molecule has 0 radical (unpaired) electrons. The second-order valence-corrected chi connectivity index (χ2v) is 2.50. The van der Waals surface area contributed by atoms with Crippen molar-refractivity contribution in [3.8, 4) is 0 Å². The van der Waals surface area contributed by atoms with E-state index in [-0.39, 0.29) is 0 Å². The van der Waals surface area contributed by atoms with E-state index in [0.29, 0.717) is 0 Å². The van der Waals surface area contributed by atoms with Crippen molar-refractivity contribution in [2.45, 2.75) is 0 Å². The van der Waals surface area contributed by atoms with Gasteiger partial charge in [0.25, 0.3) is 10.1 Å². The molecule has 0 aromatic rings. The molecule has 0 aliphatic heterocycles. The minimum Gasteiger partial charge on any atom is -0.271 e. The van der Waals surface area contributed by atoms with Crippen LogP contribution in [0.3, 0.4) is 0 Å². The second kappa shape index (κ2) is 2.23. The van der Waals surface area contributed by atoms with Crippen LogP contribution in [0.5, 0.6) is 0 Å². The van der Waals surface area contributed by atoms with Crippen molar-refractivity contribution >= 4 is 10.1 Å². The second-order valence-electron chi connectivity index (χ2n) is 0.833. The molecule has 0 heterocycles. The third-order valence-electron chi connectivity index (χ3n) is 0.388. The summed E-state index contributed by atoms with van der Waals surface area (Å²) in [5.41, 5.74) is 0. The Bertz CT molecular complexity index is 116. The van der Waals surface area contributed by atoms with E-state index in [0.717, 1.165) is 7.11 Å². The van der Waals surface area contributed by atoms with E-state index in [1.54, 1.807) is 0 Å². The molecule has 0 amide bonds. The molecule has 0 spiro atoms. The molecular formula is C2H5FO3S. The molecule has 7 heavy (non-hydrogen) atoms. The lowest BCUT2D eigenvalue weighted by Gasteiger charge is -1.88. The highest BCUT2D eigenvalue weighted by atomic mass is 32.2. The molecular weight excluding hydrogens is 123 g/mol. The van der Waals surface area contributed by atoms with Crippen molar-refractivity contribution in [1.29, 1.82) is 0 Å². The Hall–Kier alpha value is -0.160. The first-order valence-corrected chi connectivity index (χ1v) is 3.04. The number of alkyl halides is 1. The van der Waals surface area contributed by atoms with Gasteiger partial charge in [-0.25, -0.2) is 4.39 Å². The Kier molecular flexibility index (Phi) is 2.17. The van der Waals surface area contributed by atoms with Gasteiger partial charge in [-0.2, -0.15) is 8.42 Å². The smallest absolute Gasteiger partial charge is 0.271 e. The van der Waals surface area contributed by atoms with Gasteiger partial charge in [0.15, 0.2) is 0 Å². The van der Waals surface area contributed by atoms with Crippen molar-refractivity contribution in [2.75, 3.05) is 13.1 Å². The largest absolute Gasteiger partial charge is 0.296 e. The minimum atomic E-state index is -3.82. The van der Waals surface area contributed by atoms with Gasteiger partial charge in [-0.1, -0.05) is 0 Å². The number of rotatable bonds is 2.